The maximum absolute atomic E-state index is 14.8. The summed E-state index contributed by atoms with van der Waals surface area (Å²) in [6, 6.07) is 13.4. The van der Waals surface area contributed by atoms with Crippen LogP contribution in [0.4, 0.5) is 5.69 Å². The van der Waals surface area contributed by atoms with Crippen LogP contribution in [-0.4, -0.2) is 81.5 Å². The van der Waals surface area contributed by atoms with E-state index in [2.05, 4.69) is 20.1 Å². The fourth-order valence-corrected chi connectivity index (χ4v) is 9.70. The first-order valence-electron chi connectivity index (χ1n) is 14.6. The third-order valence-corrected chi connectivity index (χ3v) is 11.2. The molecule has 41 heavy (non-hydrogen) atoms. The van der Waals surface area contributed by atoms with Gasteiger partial charge in [0.25, 0.3) is 5.91 Å². The zero-order chi connectivity index (χ0) is 29.4. The molecule has 0 radical (unpaired) electrons. The average molecular weight is 576 g/mol. The van der Waals surface area contributed by atoms with Crippen molar-refractivity contribution in [3.63, 3.8) is 0 Å². The highest BCUT2D eigenvalue weighted by molar-refractivity contribution is 8.02. The smallest absolute Gasteiger partial charge is 0.251 e. The largest absolute Gasteiger partial charge is 0.396 e. The molecule has 3 heterocycles. The van der Waals surface area contributed by atoms with Crippen molar-refractivity contribution in [2.45, 2.75) is 54.6 Å². The second-order valence-electron chi connectivity index (χ2n) is 11.8. The molecule has 3 fully saturated rings. The summed E-state index contributed by atoms with van der Waals surface area (Å²) in [5.74, 6) is -1.32. The minimum absolute atomic E-state index is 0.0503. The van der Waals surface area contributed by atoms with Crippen molar-refractivity contribution < 1.29 is 19.5 Å². The summed E-state index contributed by atoms with van der Waals surface area (Å²) in [6.45, 7) is 11.1. The Bertz CT molecular complexity index is 1360. The van der Waals surface area contributed by atoms with Gasteiger partial charge < -0.3 is 19.8 Å². The maximum atomic E-state index is 14.8. The normalized spacial score (nSPS) is 28.1. The highest BCUT2D eigenvalue weighted by Gasteiger charge is 2.77. The minimum Gasteiger partial charge on any atom is -0.396 e. The lowest BCUT2D eigenvalue weighted by Crippen LogP contribution is -2.55. The Kier molecular flexibility index (Phi) is 8.35. The molecule has 3 amide bonds. The van der Waals surface area contributed by atoms with Gasteiger partial charge in [0.15, 0.2) is 0 Å². The van der Waals surface area contributed by atoms with Gasteiger partial charge >= 0.3 is 0 Å². The zero-order valence-electron chi connectivity index (χ0n) is 24.1. The van der Waals surface area contributed by atoms with E-state index in [-0.39, 0.29) is 24.3 Å². The van der Waals surface area contributed by atoms with E-state index in [1.54, 1.807) is 45.7 Å². The molecule has 218 valence electrons. The Balaban J connectivity index is 1.56. The van der Waals surface area contributed by atoms with Crippen molar-refractivity contribution in [1.29, 1.82) is 0 Å². The number of hydrogen-bond donors (Lipinski definition) is 1. The number of carbonyl (C=O) groups is 3. The molecule has 0 saturated carbocycles. The van der Waals surface area contributed by atoms with Gasteiger partial charge in [0.1, 0.15) is 6.04 Å². The Morgan fingerprint density at radius 2 is 1.78 bits per heavy atom. The van der Waals surface area contributed by atoms with Crippen LogP contribution < -0.4 is 4.90 Å². The summed E-state index contributed by atoms with van der Waals surface area (Å²) >= 11 is 1.70. The number of fused-ring (bicyclic) bond motifs is 2. The van der Waals surface area contributed by atoms with Gasteiger partial charge in [-0.3, -0.25) is 14.4 Å². The SMILES string of the molecule is C=CCN(C)C(=O)[C@H]1[C@H]2C(=O)N(CCCCCO)C(C(=O)N(CC=C)c3ccc4ccccc4c3)C23CC[C@]1(C)S3. The molecule has 3 aliphatic rings. The third kappa shape index (κ3) is 4.89. The Labute approximate surface area is 247 Å². The Hall–Kier alpha value is -3.10. The van der Waals surface area contributed by atoms with E-state index in [1.165, 1.54) is 0 Å². The van der Waals surface area contributed by atoms with Crippen LogP contribution >= 0.6 is 11.8 Å². The molecule has 3 saturated heterocycles. The summed E-state index contributed by atoms with van der Waals surface area (Å²) in [6.07, 6.45) is 7.00. The number of rotatable bonds is 12. The summed E-state index contributed by atoms with van der Waals surface area (Å²) in [4.78, 5) is 48.2. The number of thioether (sulfide) groups is 1. The summed E-state index contributed by atoms with van der Waals surface area (Å²) in [5, 5.41) is 11.4. The minimum atomic E-state index is -0.685. The number of unbranched alkanes of at least 4 members (excludes halogenated alkanes) is 2. The van der Waals surface area contributed by atoms with Crippen molar-refractivity contribution >= 4 is 45.9 Å². The number of carbonyl (C=O) groups excluding carboxylic acids is 3. The number of anilines is 1. The predicted octanol–water partition coefficient (Wildman–Crippen LogP) is 4.65. The molecular weight excluding hydrogens is 534 g/mol. The average Bonchev–Trinajstić information content (AvgIpc) is 3.53. The molecule has 5 rings (SSSR count). The van der Waals surface area contributed by atoms with Crippen LogP contribution in [0.5, 0.6) is 0 Å². The second-order valence-corrected chi connectivity index (χ2v) is 13.7. The van der Waals surface area contributed by atoms with Crippen LogP contribution in [0, 0.1) is 11.8 Å². The topological polar surface area (TPSA) is 81.2 Å². The second kappa shape index (κ2) is 11.6. The van der Waals surface area contributed by atoms with Crippen molar-refractivity contribution in [1.82, 2.24) is 9.80 Å². The summed E-state index contributed by atoms with van der Waals surface area (Å²) < 4.78 is -1.09. The molecule has 8 heteroatoms. The fourth-order valence-electron chi connectivity index (χ4n) is 7.36. The van der Waals surface area contributed by atoms with Crippen molar-refractivity contribution in [3.8, 4) is 0 Å². The number of likely N-dealkylation sites (N-methyl/N-ethyl adjacent to an activating group) is 1. The van der Waals surface area contributed by atoms with E-state index < -0.39 is 27.4 Å². The molecule has 3 aliphatic heterocycles. The van der Waals surface area contributed by atoms with Gasteiger partial charge in [-0.1, -0.05) is 42.5 Å². The molecular formula is C33H41N3O4S. The Morgan fingerprint density at radius 1 is 1.05 bits per heavy atom. The van der Waals surface area contributed by atoms with Crippen molar-refractivity contribution in [2.75, 3.05) is 38.2 Å². The molecule has 1 N–H and O–H groups in total. The van der Waals surface area contributed by atoms with E-state index in [4.69, 9.17) is 0 Å². The van der Waals surface area contributed by atoms with Crippen LogP contribution in [0.2, 0.25) is 0 Å². The van der Waals surface area contributed by atoms with Gasteiger partial charge in [-0.25, -0.2) is 0 Å². The lowest BCUT2D eigenvalue weighted by atomic mass is 9.66. The fraction of sp³-hybridized carbons (Fsp3) is 0.485. The molecule has 5 atom stereocenters. The van der Waals surface area contributed by atoms with E-state index in [0.717, 1.165) is 29.3 Å². The molecule has 2 unspecified atom stereocenters. The molecule has 0 aliphatic carbocycles. The van der Waals surface area contributed by atoms with Crippen molar-refractivity contribution in [2.24, 2.45) is 11.8 Å². The molecule has 1 spiro atoms. The van der Waals surface area contributed by atoms with Crippen LogP contribution in [0.3, 0.4) is 0 Å². The van der Waals surface area contributed by atoms with Gasteiger partial charge in [0, 0.05) is 43.7 Å². The third-order valence-electron chi connectivity index (χ3n) is 9.24. The number of likely N-dealkylation sites (tertiary alicyclic amines) is 1. The summed E-state index contributed by atoms with van der Waals surface area (Å²) in [5.41, 5.74) is 0.767. The standard InChI is InChI=1S/C33H41N3O4S/c1-5-18-34(4)29(38)26-27-30(39)36(20-10-7-11-21-37)28(33(27)17-16-32(26,3)41-33)31(40)35(19-6-2)25-15-14-23-12-8-9-13-24(23)22-25/h5-6,8-9,12-15,22,26-28,37H,1-2,7,10-11,16-21H2,3-4H3/t26-,27+,28?,32+,33?/m1/s1. The highest BCUT2D eigenvalue weighted by Crippen LogP contribution is 2.71. The number of hydrogen-bond acceptors (Lipinski definition) is 5. The molecule has 7 nitrogen and oxygen atoms in total. The van der Waals surface area contributed by atoms with Gasteiger partial charge in [0.2, 0.25) is 11.8 Å². The Morgan fingerprint density at radius 3 is 2.49 bits per heavy atom. The molecule has 2 bridgehead atoms. The van der Waals surface area contributed by atoms with Gasteiger partial charge in [-0.15, -0.1) is 24.9 Å². The van der Waals surface area contributed by atoms with Crippen LogP contribution in [0.15, 0.2) is 67.8 Å². The highest BCUT2D eigenvalue weighted by atomic mass is 32.2. The zero-order valence-corrected chi connectivity index (χ0v) is 24.9. The quantitative estimate of drug-likeness (QED) is 0.295. The van der Waals surface area contributed by atoms with Gasteiger partial charge in [-0.2, -0.15) is 0 Å². The van der Waals surface area contributed by atoms with E-state index >= 15 is 0 Å². The summed E-state index contributed by atoms with van der Waals surface area (Å²) in [7, 11) is 1.76. The van der Waals surface area contributed by atoms with Crippen LogP contribution in [0.25, 0.3) is 10.8 Å². The van der Waals surface area contributed by atoms with E-state index in [0.29, 0.717) is 38.9 Å². The first-order chi connectivity index (χ1) is 19.7. The number of nitrogens with zero attached hydrogens (tertiary/aromatic N) is 3. The number of aliphatic hydroxyl groups is 1. The monoisotopic (exact) mass is 575 g/mol. The number of amides is 3. The molecule has 0 aromatic heterocycles. The van der Waals surface area contributed by atoms with E-state index in [1.807, 2.05) is 42.5 Å². The lowest BCUT2D eigenvalue weighted by molar-refractivity contribution is -0.144. The predicted molar refractivity (Wildman–Crippen MR) is 166 cm³/mol. The number of benzene rings is 2. The number of aliphatic hydroxyl groups excluding tert-OH is 1. The first-order valence-corrected chi connectivity index (χ1v) is 15.4. The molecule has 2 aromatic rings. The van der Waals surface area contributed by atoms with E-state index in [9.17, 15) is 19.5 Å². The van der Waals surface area contributed by atoms with Crippen molar-refractivity contribution in [3.05, 3.63) is 67.8 Å². The first kappa shape index (κ1) is 29.4. The maximum Gasteiger partial charge on any atom is 0.251 e. The van der Waals surface area contributed by atoms with Gasteiger partial charge in [-0.05, 0) is 61.9 Å². The van der Waals surface area contributed by atoms with Crippen LogP contribution in [0.1, 0.15) is 39.0 Å². The lowest BCUT2D eigenvalue weighted by Gasteiger charge is -2.38. The van der Waals surface area contributed by atoms with Crippen LogP contribution in [-0.2, 0) is 14.4 Å². The van der Waals surface area contributed by atoms with Gasteiger partial charge in [0.05, 0.1) is 16.6 Å². The molecule has 2 aromatic carbocycles.